The summed E-state index contributed by atoms with van der Waals surface area (Å²) in [5, 5.41) is 3.12. The molecular weight excluding hydrogens is 166 g/mol. The highest BCUT2D eigenvalue weighted by Gasteiger charge is 2.30. The second kappa shape index (κ2) is 2.49. The Balaban J connectivity index is 2.49. The molecule has 0 fully saturated rings. The first kappa shape index (κ1) is 8.10. The van der Waals surface area contributed by atoms with Gasteiger partial charge < -0.3 is 10.1 Å². The standard InChI is InChI=1S/C10H11NO2/c1-10(2)11-8-6-4-3-5-7(8)9(12)13-10/h3-6,11H,1-2H3. The van der Waals surface area contributed by atoms with Gasteiger partial charge in [-0.25, -0.2) is 4.79 Å². The maximum Gasteiger partial charge on any atom is 0.342 e. The van der Waals surface area contributed by atoms with E-state index in [1.807, 2.05) is 32.0 Å². The number of nitrogens with one attached hydrogen (secondary N) is 1. The van der Waals surface area contributed by atoms with Crippen LogP contribution in [0.1, 0.15) is 24.2 Å². The maximum atomic E-state index is 11.4. The van der Waals surface area contributed by atoms with Crippen molar-refractivity contribution in [3.8, 4) is 0 Å². The number of carbonyl (C=O) groups is 1. The van der Waals surface area contributed by atoms with Gasteiger partial charge in [-0.3, -0.25) is 0 Å². The molecule has 0 radical (unpaired) electrons. The maximum absolute atomic E-state index is 11.4. The van der Waals surface area contributed by atoms with Crippen molar-refractivity contribution in [3.63, 3.8) is 0 Å². The molecule has 0 spiro atoms. The Hall–Kier alpha value is -1.51. The second-order valence-electron chi connectivity index (χ2n) is 3.57. The molecule has 1 heterocycles. The van der Waals surface area contributed by atoms with E-state index in [0.717, 1.165) is 5.69 Å². The number of carbonyl (C=O) groups excluding carboxylic acids is 1. The Kier molecular flexibility index (Phi) is 1.55. The summed E-state index contributed by atoms with van der Waals surface area (Å²) in [5.41, 5.74) is 0.830. The molecule has 0 atom stereocenters. The first-order chi connectivity index (χ1) is 6.08. The zero-order valence-corrected chi connectivity index (χ0v) is 7.63. The molecule has 1 aliphatic heterocycles. The van der Waals surface area contributed by atoms with Crippen molar-refractivity contribution in [1.82, 2.24) is 0 Å². The van der Waals surface area contributed by atoms with Crippen LogP contribution in [0.4, 0.5) is 5.69 Å². The predicted molar refractivity (Wildman–Crippen MR) is 49.6 cm³/mol. The van der Waals surface area contributed by atoms with Gasteiger partial charge in [-0.2, -0.15) is 0 Å². The highest BCUT2D eigenvalue weighted by Crippen LogP contribution is 2.27. The van der Waals surface area contributed by atoms with Crippen molar-refractivity contribution in [1.29, 1.82) is 0 Å². The molecular formula is C10H11NO2. The number of fused-ring (bicyclic) bond motifs is 1. The number of hydrogen-bond donors (Lipinski definition) is 1. The minimum absolute atomic E-state index is 0.264. The Labute approximate surface area is 76.7 Å². The van der Waals surface area contributed by atoms with Gasteiger partial charge in [0.2, 0.25) is 0 Å². The SMILES string of the molecule is CC1(C)Nc2ccccc2C(=O)O1. The number of para-hydroxylation sites is 1. The smallest absolute Gasteiger partial charge is 0.342 e. The Bertz CT molecular complexity index is 358. The van der Waals surface area contributed by atoms with Crippen LogP contribution in [-0.2, 0) is 4.74 Å². The Morgan fingerprint density at radius 2 is 2.00 bits per heavy atom. The van der Waals surface area contributed by atoms with Crippen LogP contribution in [0.25, 0.3) is 0 Å². The van der Waals surface area contributed by atoms with Crippen molar-refractivity contribution >= 4 is 11.7 Å². The van der Waals surface area contributed by atoms with Gasteiger partial charge in [-0.1, -0.05) is 12.1 Å². The molecule has 0 aliphatic carbocycles. The van der Waals surface area contributed by atoms with E-state index in [-0.39, 0.29) is 5.97 Å². The molecule has 1 aromatic rings. The van der Waals surface area contributed by atoms with Crippen LogP contribution in [0.5, 0.6) is 0 Å². The average Bonchev–Trinajstić information content (AvgIpc) is 2.02. The van der Waals surface area contributed by atoms with Gasteiger partial charge in [0.05, 0.1) is 11.3 Å². The molecule has 3 heteroatoms. The third-order valence-corrected chi connectivity index (χ3v) is 1.93. The number of ether oxygens (including phenoxy) is 1. The van der Waals surface area contributed by atoms with Gasteiger partial charge >= 0.3 is 5.97 Å². The molecule has 1 aliphatic rings. The Morgan fingerprint density at radius 3 is 2.77 bits per heavy atom. The molecule has 13 heavy (non-hydrogen) atoms. The molecule has 1 N–H and O–H groups in total. The van der Waals surface area contributed by atoms with E-state index in [1.54, 1.807) is 6.07 Å². The summed E-state index contributed by atoms with van der Waals surface area (Å²) in [6.45, 7) is 3.64. The molecule has 0 saturated heterocycles. The monoisotopic (exact) mass is 177 g/mol. The molecule has 0 amide bonds. The van der Waals surface area contributed by atoms with Crippen LogP contribution in [0.2, 0.25) is 0 Å². The lowest BCUT2D eigenvalue weighted by Crippen LogP contribution is -2.40. The van der Waals surface area contributed by atoms with Crippen LogP contribution in [0.15, 0.2) is 24.3 Å². The Morgan fingerprint density at radius 1 is 1.31 bits per heavy atom. The second-order valence-corrected chi connectivity index (χ2v) is 3.57. The minimum atomic E-state index is -0.606. The fraction of sp³-hybridized carbons (Fsp3) is 0.300. The fourth-order valence-corrected chi connectivity index (χ4v) is 1.41. The van der Waals surface area contributed by atoms with E-state index in [4.69, 9.17) is 4.74 Å². The first-order valence-corrected chi connectivity index (χ1v) is 4.19. The van der Waals surface area contributed by atoms with Crippen molar-refractivity contribution in [2.75, 3.05) is 5.32 Å². The molecule has 2 rings (SSSR count). The topological polar surface area (TPSA) is 38.3 Å². The molecule has 0 bridgehead atoms. The van der Waals surface area contributed by atoms with Crippen LogP contribution in [0.3, 0.4) is 0 Å². The summed E-state index contributed by atoms with van der Waals surface area (Å²) in [5.74, 6) is -0.264. The van der Waals surface area contributed by atoms with Crippen LogP contribution in [-0.4, -0.2) is 11.7 Å². The minimum Gasteiger partial charge on any atom is -0.436 e. The van der Waals surface area contributed by atoms with Gasteiger partial charge in [-0.15, -0.1) is 0 Å². The number of cyclic esters (lactones) is 1. The fourth-order valence-electron chi connectivity index (χ4n) is 1.41. The molecule has 68 valence electrons. The summed E-state index contributed by atoms with van der Waals surface area (Å²) in [6, 6.07) is 7.33. The highest BCUT2D eigenvalue weighted by atomic mass is 16.6. The van der Waals surface area contributed by atoms with Crippen molar-refractivity contribution in [2.45, 2.75) is 19.6 Å². The van der Waals surface area contributed by atoms with E-state index < -0.39 is 5.72 Å². The number of benzene rings is 1. The summed E-state index contributed by atoms with van der Waals surface area (Å²) < 4.78 is 5.15. The first-order valence-electron chi connectivity index (χ1n) is 4.19. The van der Waals surface area contributed by atoms with E-state index in [1.165, 1.54) is 0 Å². The van der Waals surface area contributed by atoms with Crippen LogP contribution in [0, 0.1) is 0 Å². The normalized spacial score (nSPS) is 18.5. The van der Waals surface area contributed by atoms with Crippen LogP contribution >= 0.6 is 0 Å². The average molecular weight is 177 g/mol. The van der Waals surface area contributed by atoms with E-state index in [2.05, 4.69) is 5.32 Å². The third-order valence-electron chi connectivity index (χ3n) is 1.93. The van der Waals surface area contributed by atoms with Crippen molar-refractivity contribution in [3.05, 3.63) is 29.8 Å². The van der Waals surface area contributed by atoms with Crippen LogP contribution < -0.4 is 5.32 Å². The van der Waals surface area contributed by atoms with E-state index in [0.29, 0.717) is 5.56 Å². The molecule has 1 aromatic carbocycles. The molecule has 0 saturated carbocycles. The van der Waals surface area contributed by atoms with Crippen molar-refractivity contribution in [2.24, 2.45) is 0 Å². The lowest BCUT2D eigenvalue weighted by atomic mass is 10.1. The largest absolute Gasteiger partial charge is 0.436 e. The van der Waals surface area contributed by atoms with E-state index >= 15 is 0 Å². The van der Waals surface area contributed by atoms with Gasteiger partial charge in [0.25, 0.3) is 0 Å². The number of anilines is 1. The number of rotatable bonds is 0. The lowest BCUT2D eigenvalue weighted by Gasteiger charge is -2.32. The van der Waals surface area contributed by atoms with Crippen molar-refractivity contribution < 1.29 is 9.53 Å². The zero-order valence-electron chi connectivity index (χ0n) is 7.63. The number of hydrogen-bond acceptors (Lipinski definition) is 3. The summed E-state index contributed by atoms with van der Waals surface area (Å²) >= 11 is 0. The van der Waals surface area contributed by atoms with Gasteiger partial charge in [0.1, 0.15) is 0 Å². The quantitative estimate of drug-likeness (QED) is 0.616. The summed E-state index contributed by atoms with van der Waals surface area (Å²) in [4.78, 5) is 11.4. The molecule has 0 unspecified atom stereocenters. The lowest BCUT2D eigenvalue weighted by molar-refractivity contribution is 0.00701. The van der Waals surface area contributed by atoms with Gasteiger partial charge in [-0.05, 0) is 26.0 Å². The third kappa shape index (κ3) is 1.37. The summed E-state index contributed by atoms with van der Waals surface area (Å²) in [6.07, 6.45) is 0. The van der Waals surface area contributed by atoms with Gasteiger partial charge in [0.15, 0.2) is 5.72 Å². The number of esters is 1. The highest BCUT2D eigenvalue weighted by molar-refractivity contribution is 5.97. The van der Waals surface area contributed by atoms with Gasteiger partial charge in [0, 0.05) is 0 Å². The summed E-state index contributed by atoms with van der Waals surface area (Å²) in [7, 11) is 0. The molecule has 3 nitrogen and oxygen atoms in total. The van der Waals surface area contributed by atoms with E-state index in [9.17, 15) is 4.79 Å². The predicted octanol–water partition coefficient (Wildman–Crippen LogP) is 2.00. The zero-order chi connectivity index (χ0) is 9.47. The molecule has 0 aromatic heterocycles.